The van der Waals surface area contributed by atoms with E-state index in [1.807, 2.05) is 24.3 Å². The monoisotopic (exact) mass is 318 g/mol. The Labute approximate surface area is 135 Å². The average molecular weight is 318 g/mol. The molecule has 0 radical (unpaired) electrons. The molecule has 0 saturated heterocycles. The molecule has 1 aromatic carbocycles. The summed E-state index contributed by atoms with van der Waals surface area (Å²) >= 11 is 1.69. The zero-order valence-electron chi connectivity index (χ0n) is 12.8. The molecule has 0 unspecified atom stereocenters. The molecule has 0 fully saturated rings. The van der Waals surface area contributed by atoms with Gasteiger partial charge < -0.3 is 15.1 Å². The van der Waals surface area contributed by atoms with E-state index in [0.29, 0.717) is 12.3 Å². The van der Waals surface area contributed by atoms with Gasteiger partial charge in [-0.1, -0.05) is 25.1 Å². The first-order valence-electron chi connectivity index (χ1n) is 7.54. The lowest BCUT2D eigenvalue weighted by molar-refractivity contribution is 0.0925. The van der Waals surface area contributed by atoms with Gasteiger partial charge in [0.15, 0.2) is 5.76 Å². The number of hydrogen-bond donors (Lipinski definition) is 2. The third kappa shape index (κ3) is 5.24. The number of thioether (sulfide) groups is 1. The van der Waals surface area contributed by atoms with Crippen LogP contribution >= 0.6 is 11.8 Å². The molecule has 4 nitrogen and oxygen atoms in total. The second-order valence-corrected chi connectivity index (χ2v) is 5.93. The maximum Gasteiger partial charge on any atom is 0.287 e. The van der Waals surface area contributed by atoms with E-state index in [0.717, 1.165) is 30.8 Å². The van der Waals surface area contributed by atoms with Gasteiger partial charge in [0.05, 0.1) is 6.26 Å². The van der Waals surface area contributed by atoms with Gasteiger partial charge in [-0.25, -0.2) is 0 Å². The van der Waals surface area contributed by atoms with Crippen LogP contribution in [0, 0.1) is 0 Å². The van der Waals surface area contributed by atoms with Gasteiger partial charge in [0.1, 0.15) is 0 Å². The van der Waals surface area contributed by atoms with Crippen LogP contribution in [0.5, 0.6) is 0 Å². The molecule has 2 rings (SSSR count). The molecular formula is C17H22N2O2S. The molecule has 0 atom stereocenters. The van der Waals surface area contributed by atoms with Crippen molar-refractivity contribution in [2.75, 3.05) is 19.6 Å². The third-order valence-electron chi connectivity index (χ3n) is 3.10. The predicted molar refractivity (Wildman–Crippen MR) is 90.2 cm³/mol. The molecule has 2 N–H and O–H groups in total. The lowest BCUT2D eigenvalue weighted by atomic mass is 10.2. The molecule has 0 spiro atoms. The summed E-state index contributed by atoms with van der Waals surface area (Å²) in [7, 11) is 0. The van der Waals surface area contributed by atoms with Crippen LogP contribution in [-0.2, 0) is 5.75 Å². The van der Waals surface area contributed by atoms with Gasteiger partial charge >= 0.3 is 0 Å². The van der Waals surface area contributed by atoms with Crippen LogP contribution in [0.1, 0.15) is 29.5 Å². The minimum absolute atomic E-state index is 0.146. The van der Waals surface area contributed by atoms with Crippen LogP contribution in [0.3, 0.4) is 0 Å². The van der Waals surface area contributed by atoms with Gasteiger partial charge in [-0.2, -0.15) is 0 Å². The second-order valence-electron chi connectivity index (χ2n) is 4.88. The van der Waals surface area contributed by atoms with Crippen molar-refractivity contribution in [2.45, 2.75) is 24.0 Å². The summed E-state index contributed by atoms with van der Waals surface area (Å²) < 4.78 is 5.35. The van der Waals surface area contributed by atoms with Crippen molar-refractivity contribution >= 4 is 17.7 Å². The summed E-state index contributed by atoms with van der Waals surface area (Å²) in [5, 5.41) is 6.13. The number of amides is 1. The molecule has 0 bridgehead atoms. The summed E-state index contributed by atoms with van der Waals surface area (Å²) in [4.78, 5) is 13.3. The summed E-state index contributed by atoms with van der Waals surface area (Å²) in [5.41, 5.74) is 0.924. The molecule has 5 heteroatoms. The van der Waals surface area contributed by atoms with Crippen LogP contribution in [0.4, 0.5) is 0 Å². The summed E-state index contributed by atoms with van der Waals surface area (Å²) in [5.74, 6) is 0.989. The van der Waals surface area contributed by atoms with E-state index < -0.39 is 0 Å². The Bertz CT molecular complexity index is 569. The van der Waals surface area contributed by atoms with Gasteiger partial charge in [0.2, 0.25) is 0 Å². The fourth-order valence-electron chi connectivity index (χ4n) is 1.97. The molecule has 1 heterocycles. The average Bonchev–Trinajstić information content (AvgIpc) is 3.02. The lowest BCUT2D eigenvalue weighted by Crippen LogP contribution is -2.32. The van der Waals surface area contributed by atoms with E-state index in [-0.39, 0.29) is 5.91 Å². The van der Waals surface area contributed by atoms with Crippen LogP contribution in [0.15, 0.2) is 52.0 Å². The van der Waals surface area contributed by atoms with Crippen molar-refractivity contribution in [3.8, 4) is 0 Å². The van der Waals surface area contributed by atoms with Crippen LogP contribution < -0.4 is 10.6 Å². The Morgan fingerprint density at radius 1 is 1.14 bits per heavy atom. The topological polar surface area (TPSA) is 54.3 Å². The Balaban J connectivity index is 1.82. The summed E-state index contributed by atoms with van der Waals surface area (Å²) in [6, 6.07) is 12.0. The van der Waals surface area contributed by atoms with E-state index in [1.54, 1.807) is 18.0 Å². The molecule has 0 aliphatic rings. The van der Waals surface area contributed by atoms with E-state index in [2.05, 4.69) is 29.7 Å². The first-order chi connectivity index (χ1) is 10.8. The predicted octanol–water partition coefficient (Wildman–Crippen LogP) is 3.30. The second kappa shape index (κ2) is 9.33. The van der Waals surface area contributed by atoms with E-state index in [1.165, 1.54) is 4.90 Å². The van der Waals surface area contributed by atoms with Crippen molar-refractivity contribution in [1.29, 1.82) is 0 Å². The maximum absolute atomic E-state index is 12.1. The summed E-state index contributed by atoms with van der Waals surface area (Å²) in [6.07, 6.45) is 2.66. The fourth-order valence-corrected chi connectivity index (χ4v) is 2.87. The molecule has 22 heavy (non-hydrogen) atoms. The van der Waals surface area contributed by atoms with Crippen LogP contribution in [-0.4, -0.2) is 25.5 Å². The Morgan fingerprint density at radius 3 is 2.73 bits per heavy atom. The first-order valence-corrected chi connectivity index (χ1v) is 8.53. The normalized spacial score (nSPS) is 10.6. The lowest BCUT2D eigenvalue weighted by Gasteiger charge is -2.06. The van der Waals surface area contributed by atoms with Crippen LogP contribution in [0.2, 0.25) is 0 Å². The molecule has 118 valence electrons. The van der Waals surface area contributed by atoms with Gasteiger partial charge in [-0.3, -0.25) is 4.79 Å². The minimum Gasteiger partial charge on any atom is -0.459 e. The highest BCUT2D eigenvalue weighted by Gasteiger charge is 2.14. The Hall–Kier alpha value is -1.72. The highest BCUT2D eigenvalue weighted by Crippen LogP contribution is 2.24. The van der Waals surface area contributed by atoms with Gasteiger partial charge in [-0.05, 0) is 31.2 Å². The Kier molecular flexibility index (Phi) is 7.06. The minimum atomic E-state index is -0.146. The van der Waals surface area contributed by atoms with Gasteiger partial charge in [0.25, 0.3) is 5.91 Å². The third-order valence-corrected chi connectivity index (χ3v) is 4.17. The van der Waals surface area contributed by atoms with E-state index >= 15 is 0 Å². The zero-order valence-corrected chi connectivity index (χ0v) is 13.6. The van der Waals surface area contributed by atoms with E-state index in [9.17, 15) is 4.79 Å². The quantitative estimate of drug-likeness (QED) is 0.550. The number of carbonyl (C=O) groups is 1. The maximum atomic E-state index is 12.1. The SMILES string of the molecule is CCCNCCNC(=O)c1occc1CSc1ccccc1. The summed E-state index contributed by atoms with van der Waals surface area (Å²) in [6.45, 7) is 4.46. The molecule has 0 saturated carbocycles. The number of benzene rings is 1. The number of rotatable bonds is 9. The molecule has 1 aromatic heterocycles. The number of hydrogen-bond acceptors (Lipinski definition) is 4. The van der Waals surface area contributed by atoms with Crippen molar-refractivity contribution in [3.05, 3.63) is 54.0 Å². The molecule has 0 aliphatic heterocycles. The first kappa shape index (κ1) is 16.6. The molecule has 2 aromatic rings. The Morgan fingerprint density at radius 2 is 1.95 bits per heavy atom. The molecular weight excluding hydrogens is 296 g/mol. The number of carbonyl (C=O) groups excluding carboxylic acids is 1. The van der Waals surface area contributed by atoms with Crippen molar-refractivity contribution in [2.24, 2.45) is 0 Å². The smallest absolute Gasteiger partial charge is 0.287 e. The van der Waals surface area contributed by atoms with E-state index in [4.69, 9.17) is 4.42 Å². The zero-order chi connectivity index (χ0) is 15.6. The van der Waals surface area contributed by atoms with Gasteiger partial charge in [-0.15, -0.1) is 11.8 Å². The van der Waals surface area contributed by atoms with Crippen molar-refractivity contribution < 1.29 is 9.21 Å². The molecule has 0 aliphatic carbocycles. The van der Waals surface area contributed by atoms with Crippen molar-refractivity contribution in [1.82, 2.24) is 10.6 Å². The highest BCUT2D eigenvalue weighted by atomic mass is 32.2. The number of furan rings is 1. The fraction of sp³-hybridized carbons (Fsp3) is 0.353. The highest BCUT2D eigenvalue weighted by molar-refractivity contribution is 7.98. The number of nitrogens with one attached hydrogen (secondary N) is 2. The van der Waals surface area contributed by atoms with Crippen molar-refractivity contribution in [3.63, 3.8) is 0 Å². The largest absolute Gasteiger partial charge is 0.459 e. The molecule has 1 amide bonds. The van der Waals surface area contributed by atoms with Gasteiger partial charge in [0, 0.05) is 29.3 Å². The standard InChI is InChI=1S/C17H22N2O2S/c1-2-9-18-10-11-19-17(20)16-14(8-12-21-16)13-22-15-6-4-3-5-7-15/h3-8,12,18H,2,9-11,13H2,1H3,(H,19,20). The van der Waals surface area contributed by atoms with Crippen LogP contribution in [0.25, 0.3) is 0 Å².